The van der Waals surface area contributed by atoms with Gasteiger partial charge in [0.15, 0.2) is 17.5 Å². The lowest BCUT2D eigenvalue weighted by Gasteiger charge is -2.22. The van der Waals surface area contributed by atoms with E-state index in [2.05, 4.69) is 5.32 Å². The molecule has 0 fully saturated rings. The number of carbonyl (C=O) groups is 1. The van der Waals surface area contributed by atoms with Crippen molar-refractivity contribution in [3.05, 3.63) is 35.1 Å². The number of carbonyl (C=O) groups excluding carboxylic acids is 1. The van der Waals surface area contributed by atoms with Gasteiger partial charge < -0.3 is 10.4 Å². The van der Waals surface area contributed by atoms with Crippen LogP contribution in [0.1, 0.15) is 17.3 Å². The molecule has 1 aromatic rings. The second-order valence-corrected chi connectivity index (χ2v) is 5.23. The molecule has 1 amide bonds. The van der Waals surface area contributed by atoms with E-state index in [0.29, 0.717) is 17.9 Å². The van der Waals surface area contributed by atoms with Gasteiger partial charge in [-0.2, -0.15) is 11.8 Å². The van der Waals surface area contributed by atoms with Crippen LogP contribution in [-0.2, 0) is 0 Å². The van der Waals surface area contributed by atoms with E-state index in [0.717, 1.165) is 0 Å². The van der Waals surface area contributed by atoms with E-state index >= 15 is 0 Å². The molecule has 0 aromatic heterocycles. The van der Waals surface area contributed by atoms with Gasteiger partial charge in [0, 0.05) is 17.9 Å². The first kappa shape index (κ1) is 15.8. The molecule has 2 N–H and O–H groups in total. The van der Waals surface area contributed by atoms with E-state index < -0.39 is 29.0 Å². The number of amides is 1. The summed E-state index contributed by atoms with van der Waals surface area (Å²) in [5, 5.41) is 12.2. The summed E-state index contributed by atoms with van der Waals surface area (Å²) in [6.45, 7) is 1.45. The second kappa shape index (κ2) is 6.29. The quantitative estimate of drug-likeness (QED) is 0.816. The van der Waals surface area contributed by atoms with E-state index in [-0.39, 0.29) is 12.1 Å². The van der Waals surface area contributed by atoms with Gasteiger partial charge in [0.05, 0.1) is 5.60 Å². The zero-order valence-electron chi connectivity index (χ0n) is 10.5. The number of nitrogens with one attached hydrogen (secondary N) is 1. The van der Waals surface area contributed by atoms with Crippen LogP contribution in [0.2, 0.25) is 0 Å². The smallest absolute Gasteiger partial charge is 0.251 e. The number of benzene rings is 1. The van der Waals surface area contributed by atoms with Gasteiger partial charge in [-0.05, 0) is 25.3 Å². The number of aliphatic hydroxyl groups is 1. The fourth-order valence-corrected chi connectivity index (χ4v) is 2.15. The molecule has 0 bridgehead atoms. The topological polar surface area (TPSA) is 49.3 Å². The molecular weight excluding hydrogens is 279 g/mol. The Morgan fingerprint density at radius 1 is 1.37 bits per heavy atom. The normalized spacial score (nSPS) is 14.0. The minimum absolute atomic E-state index is 0.0761. The molecule has 19 heavy (non-hydrogen) atoms. The minimum atomic E-state index is -1.62. The third-order valence-electron chi connectivity index (χ3n) is 2.33. The van der Waals surface area contributed by atoms with Crippen LogP contribution in [-0.4, -0.2) is 35.2 Å². The van der Waals surface area contributed by atoms with Crippen LogP contribution in [0.15, 0.2) is 12.1 Å². The summed E-state index contributed by atoms with van der Waals surface area (Å²) in [5.41, 5.74) is -1.47. The van der Waals surface area contributed by atoms with Gasteiger partial charge >= 0.3 is 0 Å². The summed E-state index contributed by atoms with van der Waals surface area (Å²) in [6, 6.07) is 1.22. The van der Waals surface area contributed by atoms with Gasteiger partial charge in [-0.15, -0.1) is 0 Å². The first-order chi connectivity index (χ1) is 8.76. The monoisotopic (exact) mass is 293 g/mol. The zero-order valence-corrected chi connectivity index (χ0v) is 11.3. The van der Waals surface area contributed by atoms with Crippen molar-refractivity contribution in [2.24, 2.45) is 0 Å². The highest BCUT2D eigenvalue weighted by Gasteiger charge is 2.22. The number of hydrogen-bond donors (Lipinski definition) is 2. The first-order valence-electron chi connectivity index (χ1n) is 5.41. The van der Waals surface area contributed by atoms with E-state index in [1.807, 2.05) is 0 Å². The Balaban J connectivity index is 2.74. The van der Waals surface area contributed by atoms with Crippen LogP contribution in [0.5, 0.6) is 0 Å². The van der Waals surface area contributed by atoms with Crippen LogP contribution in [0.4, 0.5) is 13.2 Å². The molecule has 0 aliphatic rings. The average Bonchev–Trinajstić information content (AvgIpc) is 2.32. The van der Waals surface area contributed by atoms with Gasteiger partial charge in [0.25, 0.3) is 5.91 Å². The zero-order chi connectivity index (χ0) is 14.6. The molecule has 0 spiro atoms. The Kier molecular flexibility index (Phi) is 5.25. The highest BCUT2D eigenvalue weighted by molar-refractivity contribution is 7.98. The highest BCUT2D eigenvalue weighted by Crippen LogP contribution is 2.14. The fourth-order valence-electron chi connectivity index (χ4n) is 1.42. The molecule has 1 aromatic carbocycles. The van der Waals surface area contributed by atoms with Crippen molar-refractivity contribution in [3.8, 4) is 0 Å². The Morgan fingerprint density at radius 2 is 1.89 bits per heavy atom. The van der Waals surface area contributed by atoms with Crippen LogP contribution >= 0.6 is 11.8 Å². The first-order valence-corrected chi connectivity index (χ1v) is 6.80. The molecule has 106 valence electrons. The highest BCUT2D eigenvalue weighted by atomic mass is 32.2. The van der Waals surface area contributed by atoms with Gasteiger partial charge in [0.2, 0.25) is 0 Å². The molecule has 0 aliphatic carbocycles. The Morgan fingerprint density at radius 3 is 2.37 bits per heavy atom. The maximum atomic E-state index is 12.9. The molecule has 7 heteroatoms. The van der Waals surface area contributed by atoms with Crippen molar-refractivity contribution in [3.63, 3.8) is 0 Å². The fraction of sp³-hybridized carbons (Fsp3) is 0.417. The Labute approximate surface area is 113 Å². The van der Waals surface area contributed by atoms with E-state index in [1.54, 1.807) is 6.26 Å². The lowest BCUT2D eigenvalue weighted by atomic mass is 10.1. The van der Waals surface area contributed by atoms with E-state index in [4.69, 9.17) is 0 Å². The van der Waals surface area contributed by atoms with Crippen molar-refractivity contribution in [1.82, 2.24) is 5.32 Å². The molecule has 1 atom stereocenters. The third-order valence-corrected chi connectivity index (χ3v) is 3.24. The average molecular weight is 293 g/mol. The molecule has 0 saturated carbocycles. The molecule has 0 aliphatic heterocycles. The van der Waals surface area contributed by atoms with Crippen LogP contribution in [0.25, 0.3) is 0 Å². The van der Waals surface area contributed by atoms with E-state index in [9.17, 15) is 23.1 Å². The standard InChI is InChI=1S/C12H14F3NO2S/c1-12(18,6-19-2)5-16-11(17)7-3-8(13)10(15)9(14)4-7/h3-4,18H,5-6H2,1-2H3,(H,16,17). The maximum absolute atomic E-state index is 12.9. The summed E-state index contributed by atoms with van der Waals surface area (Å²) in [7, 11) is 0. The van der Waals surface area contributed by atoms with Crippen LogP contribution in [0.3, 0.4) is 0 Å². The summed E-state index contributed by atoms with van der Waals surface area (Å²) >= 11 is 1.39. The molecule has 1 unspecified atom stereocenters. The number of hydrogen-bond acceptors (Lipinski definition) is 3. The second-order valence-electron chi connectivity index (χ2n) is 4.37. The van der Waals surface area contributed by atoms with Crippen molar-refractivity contribution in [2.75, 3.05) is 18.6 Å². The predicted molar refractivity (Wildman–Crippen MR) is 67.7 cm³/mol. The molecular formula is C12H14F3NO2S. The predicted octanol–water partition coefficient (Wildman–Crippen LogP) is 1.95. The van der Waals surface area contributed by atoms with Crippen LogP contribution < -0.4 is 5.32 Å². The number of rotatable bonds is 5. The van der Waals surface area contributed by atoms with Crippen molar-refractivity contribution >= 4 is 17.7 Å². The van der Waals surface area contributed by atoms with Crippen molar-refractivity contribution < 1.29 is 23.1 Å². The summed E-state index contributed by atoms with van der Waals surface area (Å²) < 4.78 is 38.6. The Hall–Kier alpha value is -1.21. The number of thioether (sulfide) groups is 1. The summed E-state index contributed by atoms with van der Waals surface area (Å²) in [5.74, 6) is -4.87. The third kappa shape index (κ3) is 4.43. The van der Waals surface area contributed by atoms with Gasteiger partial charge in [-0.25, -0.2) is 13.2 Å². The Bertz CT molecular complexity index is 457. The van der Waals surface area contributed by atoms with E-state index in [1.165, 1.54) is 18.7 Å². The minimum Gasteiger partial charge on any atom is -0.387 e. The largest absolute Gasteiger partial charge is 0.387 e. The van der Waals surface area contributed by atoms with Crippen molar-refractivity contribution in [1.29, 1.82) is 0 Å². The lowest BCUT2D eigenvalue weighted by Crippen LogP contribution is -2.42. The van der Waals surface area contributed by atoms with Crippen molar-refractivity contribution in [2.45, 2.75) is 12.5 Å². The molecule has 3 nitrogen and oxygen atoms in total. The number of halogens is 3. The van der Waals surface area contributed by atoms with Gasteiger partial charge in [-0.3, -0.25) is 4.79 Å². The summed E-state index contributed by atoms with van der Waals surface area (Å²) in [6.07, 6.45) is 1.79. The molecule has 1 rings (SSSR count). The van der Waals surface area contributed by atoms with Crippen LogP contribution in [0, 0.1) is 17.5 Å². The molecule has 0 saturated heterocycles. The van der Waals surface area contributed by atoms with Gasteiger partial charge in [-0.1, -0.05) is 0 Å². The van der Waals surface area contributed by atoms with Gasteiger partial charge in [0.1, 0.15) is 0 Å². The summed E-state index contributed by atoms with van der Waals surface area (Å²) in [4.78, 5) is 11.6. The lowest BCUT2D eigenvalue weighted by molar-refractivity contribution is 0.0724. The SMILES string of the molecule is CSCC(C)(O)CNC(=O)c1cc(F)c(F)c(F)c1. The molecule has 0 heterocycles. The molecule has 0 radical (unpaired) electrons. The maximum Gasteiger partial charge on any atom is 0.251 e.